The molecule has 0 spiro atoms. The van der Waals surface area contributed by atoms with Gasteiger partial charge in [-0.3, -0.25) is 0 Å². The van der Waals surface area contributed by atoms with Crippen LogP contribution in [0.3, 0.4) is 0 Å². The van der Waals surface area contributed by atoms with Gasteiger partial charge in [-0.2, -0.15) is 0 Å². The number of aromatic nitrogens is 2. The van der Waals surface area contributed by atoms with Crippen molar-refractivity contribution in [2.75, 3.05) is 0 Å². The maximum atomic E-state index is 5.36. The van der Waals surface area contributed by atoms with Crippen molar-refractivity contribution in [1.82, 2.24) is 9.97 Å². The summed E-state index contributed by atoms with van der Waals surface area (Å²) in [6.45, 7) is 9.12. The first-order valence-electron chi connectivity index (χ1n) is 23.7. The maximum absolute atomic E-state index is 5.36. The van der Waals surface area contributed by atoms with Crippen molar-refractivity contribution in [2.45, 2.75) is 118 Å². The van der Waals surface area contributed by atoms with Crippen molar-refractivity contribution in [3.8, 4) is 56.2 Å². The zero-order valence-electron chi connectivity index (χ0n) is 37.7. The third-order valence-electron chi connectivity index (χ3n) is 12.8. The molecule has 8 aromatic rings. The van der Waals surface area contributed by atoms with Crippen molar-refractivity contribution < 1.29 is 0 Å². The monoisotopic (exact) mass is 813 g/mol. The number of benzene rings is 7. The quantitative estimate of drug-likeness (QED) is 0.0600. The van der Waals surface area contributed by atoms with E-state index in [0.29, 0.717) is 0 Å². The fourth-order valence-electron chi connectivity index (χ4n) is 9.21. The second-order valence-electron chi connectivity index (χ2n) is 17.7. The van der Waals surface area contributed by atoms with E-state index in [4.69, 9.17) is 9.97 Å². The lowest BCUT2D eigenvalue weighted by Crippen LogP contribution is -2.00. The van der Waals surface area contributed by atoms with Crippen LogP contribution in [-0.2, 0) is 12.8 Å². The summed E-state index contributed by atoms with van der Waals surface area (Å²) >= 11 is 0. The van der Waals surface area contributed by atoms with Crippen LogP contribution in [0.5, 0.6) is 0 Å². The van der Waals surface area contributed by atoms with E-state index in [-0.39, 0.29) is 0 Å². The lowest BCUT2D eigenvalue weighted by molar-refractivity contribution is 0.605. The Bertz CT molecular complexity index is 2670. The normalized spacial score (nSPS) is 11.5. The summed E-state index contributed by atoms with van der Waals surface area (Å²) in [6.07, 6.45) is 17.8. The molecule has 0 N–H and O–H groups in total. The van der Waals surface area contributed by atoms with Crippen LogP contribution in [0.2, 0.25) is 0 Å². The molecule has 0 unspecified atom stereocenters. The SMILES string of the molecule is CCCCCCCCc1cc(-c2cc(-c3ccc4cc5cc(C)ccc5cc4c3)cc(-c3nc(-c4ccccc4)cc(-c4ccccc4)n3)c2)c(CCCCCCCC)cc1C. The van der Waals surface area contributed by atoms with Gasteiger partial charge in [0.15, 0.2) is 5.82 Å². The predicted molar refractivity (Wildman–Crippen MR) is 268 cm³/mol. The summed E-state index contributed by atoms with van der Waals surface area (Å²) in [5, 5.41) is 5.06. The number of hydrogen-bond donors (Lipinski definition) is 0. The molecule has 1 heterocycles. The summed E-state index contributed by atoms with van der Waals surface area (Å²) in [7, 11) is 0. The largest absolute Gasteiger partial charge is 0.228 e. The molecule has 8 rings (SSSR count). The highest BCUT2D eigenvalue weighted by atomic mass is 14.9. The van der Waals surface area contributed by atoms with Gasteiger partial charge in [-0.1, -0.05) is 187 Å². The third kappa shape index (κ3) is 10.6. The lowest BCUT2D eigenvalue weighted by atomic mass is 9.87. The number of nitrogens with zero attached hydrogens (tertiary/aromatic N) is 2. The standard InChI is InChI=1S/C60H64N2/c1-5-7-9-11-13-17-27-47-41-57(51(34-44(47)4)28-18-14-12-10-8-6-2)55-38-54(50-32-31-49-35-52-33-43(3)29-30-48(52)36-53(49)37-50)39-56(40-55)60-61-58(45-23-19-15-20-24-45)42-59(62-60)46-25-21-16-22-26-46/h15-16,19-26,29-42H,5-14,17-18,27-28H2,1-4H3. The number of rotatable bonds is 19. The zero-order chi connectivity index (χ0) is 42.7. The Kier molecular flexibility index (Phi) is 14.4. The summed E-state index contributed by atoms with van der Waals surface area (Å²) in [5.74, 6) is 0.743. The highest BCUT2D eigenvalue weighted by molar-refractivity contribution is 6.00. The van der Waals surface area contributed by atoms with Crippen LogP contribution in [0, 0.1) is 13.8 Å². The Morgan fingerprint density at radius 2 is 0.887 bits per heavy atom. The van der Waals surface area contributed by atoms with Crippen molar-refractivity contribution in [3.05, 3.63) is 168 Å². The minimum atomic E-state index is 0.743. The molecule has 0 fully saturated rings. The summed E-state index contributed by atoms with van der Waals surface area (Å²) in [4.78, 5) is 10.7. The van der Waals surface area contributed by atoms with Gasteiger partial charge in [0.25, 0.3) is 0 Å². The molecule has 1 aromatic heterocycles. The van der Waals surface area contributed by atoms with E-state index in [9.17, 15) is 0 Å². The van der Waals surface area contributed by atoms with Gasteiger partial charge >= 0.3 is 0 Å². The van der Waals surface area contributed by atoms with E-state index >= 15 is 0 Å². The Labute approximate surface area is 371 Å². The molecule has 0 saturated carbocycles. The van der Waals surface area contributed by atoms with Crippen LogP contribution in [0.25, 0.3) is 77.7 Å². The summed E-state index contributed by atoms with van der Waals surface area (Å²) in [6, 6.07) is 53.9. The van der Waals surface area contributed by atoms with Crippen LogP contribution in [-0.4, -0.2) is 9.97 Å². The molecule has 0 aliphatic carbocycles. The topological polar surface area (TPSA) is 25.8 Å². The molecular formula is C60H64N2. The molecular weight excluding hydrogens is 749 g/mol. The van der Waals surface area contributed by atoms with Gasteiger partial charge in [0.2, 0.25) is 0 Å². The van der Waals surface area contributed by atoms with Crippen molar-refractivity contribution in [1.29, 1.82) is 0 Å². The number of fused-ring (bicyclic) bond motifs is 2. The number of unbranched alkanes of at least 4 members (excludes halogenated alkanes) is 10. The lowest BCUT2D eigenvalue weighted by Gasteiger charge is -2.18. The van der Waals surface area contributed by atoms with E-state index in [1.807, 2.05) is 0 Å². The van der Waals surface area contributed by atoms with Gasteiger partial charge in [0.05, 0.1) is 11.4 Å². The van der Waals surface area contributed by atoms with E-state index in [1.54, 1.807) is 0 Å². The Morgan fingerprint density at radius 1 is 0.355 bits per heavy atom. The van der Waals surface area contributed by atoms with Crippen LogP contribution >= 0.6 is 0 Å². The van der Waals surface area contributed by atoms with Crippen molar-refractivity contribution >= 4 is 21.5 Å². The molecule has 0 amide bonds. The zero-order valence-corrected chi connectivity index (χ0v) is 37.7. The van der Waals surface area contributed by atoms with Crippen LogP contribution < -0.4 is 0 Å². The Hall–Kier alpha value is -5.86. The van der Waals surface area contributed by atoms with Gasteiger partial charge in [-0.05, 0) is 142 Å². The minimum absolute atomic E-state index is 0.743. The first kappa shape index (κ1) is 42.8. The van der Waals surface area contributed by atoms with Gasteiger partial charge in [0.1, 0.15) is 0 Å². The number of hydrogen-bond acceptors (Lipinski definition) is 2. The van der Waals surface area contributed by atoms with E-state index in [1.165, 1.54) is 143 Å². The molecule has 0 aliphatic rings. The second-order valence-corrected chi connectivity index (χ2v) is 17.7. The van der Waals surface area contributed by atoms with Gasteiger partial charge in [-0.25, -0.2) is 9.97 Å². The van der Waals surface area contributed by atoms with Crippen LogP contribution in [0.15, 0.2) is 146 Å². The van der Waals surface area contributed by atoms with Gasteiger partial charge in [0, 0.05) is 16.7 Å². The van der Waals surface area contributed by atoms with E-state index in [0.717, 1.165) is 46.7 Å². The minimum Gasteiger partial charge on any atom is -0.228 e. The highest BCUT2D eigenvalue weighted by Gasteiger charge is 2.17. The first-order chi connectivity index (χ1) is 30.4. The van der Waals surface area contributed by atoms with Crippen molar-refractivity contribution in [2.24, 2.45) is 0 Å². The molecule has 0 atom stereocenters. The van der Waals surface area contributed by atoms with E-state index in [2.05, 4.69) is 173 Å². The maximum Gasteiger partial charge on any atom is 0.160 e. The highest BCUT2D eigenvalue weighted by Crippen LogP contribution is 2.38. The fraction of sp³-hybridized carbons (Fsp3) is 0.300. The summed E-state index contributed by atoms with van der Waals surface area (Å²) in [5.41, 5.74) is 15.7. The molecule has 2 nitrogen and oxygen atoms in total. The van der Waals surface area contributed by atoms with Crippen LogP contribution in [0.1, 0.15) is 113 Å². The van der Waals surface area contributed by atoms with Gasteiger partial charge < -0.3 is 0 Å². The average molecular weight is 813 g/mol. The molecule has 0 saturated heterocycles. The fourth-order valence-corrected chi connectivity index (χ4v) is 9.21. The Balaban J connectivity index is 1.29. The molecule has 62 heavy (non-hydrogen) atoms. The first-order valence-corrected chi connectivity index (χ1v) is 23.7. The molecule has 2 heteroatoms. The van der Waals surface area contributed by atoms with E-state index < -0.39 is 0 Å². The predicted octanol–water partition coefficient (Wildman–Crippen LogP) is 17.5. The average Bonchev–Trinajstić information content (AvgIpc) is 3.31. The molecule has 0 aliphatic heterocycles. The van der Waals surface area contributed by atoms with Gasteiger partial charge in [-0.15, -0.1) is 0 Å². The Morgan fingerprint density at radius 3 is 1.52 bits per heavy atom. The van der Waals surface area contributed by atoms with Crippen molar-refractivity contribution in [3.63, 3.8) is 0 Å². The smallest absolute Gasteiger partial charge is 0.160 e. The molecule has 314 valence electrons. The molecule has 0 bridgehead atoms. The molecule has 7 aromatic carbocycles. The second kappa shape index (κ2) is 20.8. The molecule has 0 radical (unpaired) electrons. The number of aryl methyl sites for hydroxylation is 4. The third-order valence-corrected chi connectivity index (χ3v) is 12.8. The van der Waals surface area contributed by atoms with Crippen LogP contribution in [0.4, 0.5) is 0 Å². The summed E-state index contributed by atoms with van der Waals surface area (Å²) < 4.78 is 0.